The number of nitrogens with one attached hydrogen (secondary N) is 1. The van der Waals surface area contributed by atoms with Gasteiger partial charge in [0.05, 0.1) is 25.3 Å². The van der Waals surface area contributed by atoms with Crippen LogP contribution in [0.15, 0.2) is 42.5 Å². The van der Waals surface area contributed by atoms with E-state index in [0.717, 1.165) is 16.8 Å². The molecule has 128 valence electrons. The predicted octanol–water partition coefficient (Wildman–Crippen LogP) is 2.82. The number of carbonyl (C=O) groups excluding carboxylic acids is 1. The summed E-state index contributed by atoms with van der Waals surface area (Å²) in [5.74, 6) is 1.73. The van der Waals surface area contributed by atoms with Crippen molar-refractivity contribution in [2.75, 3.05) is 27.3 Å². The van der Waals surface area contributed by atoms with Crippen molar-refractivity contribution in [1.82, 2.24) is 14.9 Å². The van der Waals surface area contributed by atoms with Crippen LogP contribution in [0.25, 0.3) is 11.0 Å². The quantitative estimate of drug-likeness (QED) is 0.795. The van der Waals surface area contributed by atoms with Crippen molar-refractivity contribution in [3.63, 3.8) is 0 Å². The summed E-state index contributed by atoms with van der Waals surface area (Å²) in [4.78, 5) is 22.0. The van der Waals surface area contributed by atoms with Crippen molar-refractivity contribution in [1.29, 1.82) is 0 Å². The van der Waals surface area contributed by atoms with Gasteiger partial charge in [0.2, 0.25) is 5.88 Å². The Bertz CT molecular complexity index is 929. The number of carbonyl (C=O) groups is 1. The largest absolute Gasteiger partial charge is 0.497 e. The zero-order chi connectivity index (χ0) is 17.4. The summed E-state index contributed by atoms with van der Waals surface area (Å²) < 4.78 is 10.4. The molecule has 0 bridgehead atoms. The Morgan fingerprint density at radius 3 is 2.76 bits per heavy atom. The van der Waals surface area contributed by atoms with Crippen LogP contribution in [0, 0.1) is 0 Å². The number of benzene rings is 1. The number of rotatable bonds is 4. The molecule has 0 unspecified atom stereocenters. The zero-order valence-corrected chi connectivity index (χ0v) is 14.2. The van der Waals surface area contributed by atoms with E-state index in [1.165, 1.54) is 5.56 Å². The van der Waals surface area contributed by atoms with Crippen molar-refractivity contribution < 1.29 is 14.3 Å². The molecule has 4 rings (SSSR count). The second-order valence-corrected chi connectivity index (χ2v) is 6.15. The average molecular weight is 337 g/mol. The molecule has 2 aromatic heterocycles. The van der Waals surface area contributed by atoms with Crippen molar-refractivity contribution in [2.45, 2.75) is 5.92 Å². The summed E-state index contributed by atoms with van der Waals surface area (Å²) >= 11 is 0. The molecule has 1 aliphatic heterocycles. The third-order valence-corrected chi connectivity index (χ3v) is 4.62. The first-order chi connectivity index (χ1) is 12.2. The number of fused-ring (bicyclic) bond motifs is 1. The van der Waals surface area contributed by atoms with Crippen LogP contribution in [-0.4, -0.2) is 48.1 Å². The van der Waals surface area contributed by atoms with Gasteiger partial charge in [0.1, 0.15) is 11.4 Å². The normalized spacial score (nSPS) is 14.4. The lowest BCUT2D eigenvalue weighted by atomic mass is 9.91. The number of aromatic amines is 1. The summed E-state index contributed by atoms with van der Waals surface area (Å²) in [6, 6.07) is 13.4. The molecule has 0 saturated carbocycles. The van der Waals surface area contributed by atoms with Gasteiger partial charge in [0.15, 0.2) is 0 Å². The third-order valence-electron chi connectivity index (χ3n) is 4.62. The molecule has 0 radical (unpaired) electrons. The highest BCUT2D eigenvalue weighted by Gasteiger charge is 2.33. The molecule has 1 aromatic carbocycles. The zero-order valence-electron chi connectivity index (χ0n) is 14.2. The van der Waals surface area contributed by atoms with Crippen LogP contribution in [0.3, 0.4) is 0 Å². The number of likely N-dealkylation sites (tertiary alicyclic amines) is 1. The number of hydrogen-bond acceptors (Lipinski definition) is 4. The number of nitrogens with zero attached hydrogens (tertiary/aromatic N) is 2. The minimum absolute atomic E-state index is 0.00360. The van der Waals surface area contributed by atoms with E-state index in [2.05, 4.69) is 16.0 Å². The van der Waals surface area contributed by atoms with Gasteiger partial charge in [-0.25, -0.2) is 4.98 Å². The van der Waals surface area contributed by atoms with Crippen LogP contribution in [0.4, 0.5) is 0 Å². The van der Waals surface area contributed by atoms with Gasteiger partial charge in [0, 0.05) is 25.1 Å². The van der Waals surface area contributed by atoms with Gasteiger partial charge in [-0.05, 0) is 29.8 Å². The van der Waals surface area contributed by atoms with E-state index in [9.17, 15) is 4.79 Å². The Morgan fingerprint density at radius 1 is 1.16 bits per heavy atom. The highest BCUT2D eigenvalue weighted by Crippen LogP contribution is 2.30. The maximum absolute atomic E-state index is 12.7. The van der Waals surface area contributed by atoms with Crippen LogP contribution < -0.4 is 9.47 Å². The molecule has 3 heterocycles. The van der Waals surface area contributed by atoms with Crippen molar-refractivity contribution in [3.05, 3.63) is 53.7 Å². The van der Waals surface area contributed by atoms with E-state index in [4.69, 9.17) is 9.47 Å². The maximum Gasteiger partial charge on any atom is 0.270 e. The second kappa shape index (κ2) is 6.12. The van der Waals surface area contributed by atoms with Crippen LogP contribution in [0.1, 0.15) is 22.0 Å². The Labute approximate surface area is 145 Å². The summed E-state index contributed by atoms with van der Waals surface area (Å²) in [5.41, 5.74) is 3.31. The molecule has 0 atom stereocenters. The Kier molecular flexibility index (Phi) is 3.80. The van der Waals surface area contributed by atoms with Crippen molar-refractivity contribution >= 4 is 16.9 Å². The number of hydrogen-bond donors (Lipinski definition) is 1. The first kappa shape index (κ1) is 15.5. The maximum atomic E-state index is 12.7. The standard InChI is InChI=1S/C19H19N3O3/c1-24-14-5-3-4-12(8-14)13-10-22(11-13)19(23)17-9-16-15(20-17)6-7-18(21-16)25-2/h3-9,13,20H,10-11H2,1-2H3. The summed E-state index contributed by atoms with van der Waals surface area (Å²) in [5, 5.41) is 0. The van der Waals surface area contributed by atoms with Gasteiger partial charge >= 0.3 is 0 Å². The molecule has 25 heavy (non-hydrogen) atoms. The number of amides is 1. The monoisotopic (exact) mass is 337 g/mol. The van der Waals surface area contributed by atoms with Gasteiger partial charge in [0.25, 0.3) is 5.91 Å². The number of pyridine rings is 1. The highest BCUT2D eigenvalue weighted by molar-refractivity contribution is 5.97. The molecule has 3 aromatic rings. The van der Waals surface area contributed by atoms with E-state index >= 15 is 0 Å². The fourth-order valence-corrected chi connectivity index (χ4v) is 3.14. The minimum Gasteiger partial charge on any atom is -0.497 e. The Morgan fingerprint density at radius 2 is 2.00 bits per heavy atom. The smallest absolute Gasteiger partial charge is 0.270 e. The Hall–Kier alpha value is -3.02. The van der Waals surface area contributed by atoms with Crippen molar-refractivity contribution in [2.24, 2.45) is 0 Å². The van der Waals surface area contributed by atoms with E-state index < -0.39 is 0 Å². The first-order valence-electron chi connectivity index (χ1n) is 8.15. The van der Waals surface area contributed by atoms with Gasteiger partial charge in [-0.1, -0.05) is 12.1 Å². The molecule has 0 aliphatic carbocycles. The number of ether oxygens (including phenoxy) is 2. The summed E-state index contributed by atoms with van der Waals surface area (Å²) in [6.07, 6.45) is 0. The fraction of sp³-hybridized carbons (Fsp3) is 0.263. The lowest BCUT2D eigenvalue weighted by Crippen LogP contribution is -2.48. The van der Waals surface area contributed by atoms with Crippen molar-refractivity contribution in [3.8, 4) is 11.6 Å². The van der Waals surface area contributed by atoms with E-state index in [1.54, 1.807) is 26.4 Å². The predicted molar refractivity (Wildman–Crippen MR) is 94.3 cm³/mol. The molecule has 0 spiro atoms. The number of H-pyrrole nitrogens is 1. The average Bonchev–Trinajstić information content (AvgIpc) is 3.03. The number of methoxy groups -OCH3 is 2. The molecule has 1 aliphatic rings. The topological polar surface area (TPSA) is 67.4 Å². The van der Waals surface area contributed by atoms with Gasteiger partial charge < -0.3 is 19.4 Å². The van der Waals surface area contributed by atoms with E-state index in [-0.39, 0.29) is 5.91 Å². The van der Waals surface area contributed by atoms with Gasteiger partial charge in [-0.3, -0.25) is 4.79 Å². The molecule has 6 heteroatoms. The molecule has 1 fully saturated rings. The first-order valence-corrected chi connectivity index (χ1v) is 8.15. The van der Waals surface area contributed by atoms with Crippen LogP contribution >= 0.6 is 0 Å². The number of aromatic nitrogens is 2. The fourth-order valence-electron chi connectivity index (χ4n) is 3.14. The molecular weight excluding hydrogens is 318 g/mol. The summed E-state index contributed by atoms with van der Waals surface area (Å²) in [6.45, 7) is 1.41. The van der Waals surface area contributed by atoms with Gasteiger partial charge in [-0.15, -0.1) is 0 Å². The third kappa shape index (κ3) is 2.80. The minimum atomic E-state index is -0.00360. The second-order valence-electron chi connectivity index (χ2n) is 6.15. The van der Waals surface area contributed by atoms with E-state index in [0.29, 0.717) is 30.6 Å². The van der Waals surface area contributed by atoms with Gasteiger partial charge in [-0.2, -0.15) is 0 Å². The lowest BCUT2D eigenvalue weighted by Gasteiger charge is -2.39. The molecule has 1 amide bonds. The Balaban J connectivity index is 1.47. The SMILES string of the molecule is COc1cccc(C2CN(C(=O)c3cc4nc(OC)ccc4[nH]3)C2)c1. The van der Waals surface area contributed by atoms with E-state index in [1.807, 2.05) is 29.2 Å². The molecule has 1 N–H and O–H groups in total. The van der Waals surface area contributed by atoms with Crippen LogP contribution in [0.2, 0.25) is 0 Å². The summed E-state index contributed by atoms with van der Waals surface area (Å²) in [7, 11) is 3.24. The molecule has 1 saturated heterocycles. The molecular formula is C19H19N3O3. The lowest BCUT2D eigenvalue weighted by molar-refractivity contribution is 0.0597. The highest BCUT2D eigenvalue weighted by atomic mass is 16.5. The van der Waals surface area contributed by atoms with Crippen LogP contribution in [0.5, 0.6) is 11.6 Å². The molecule has 6 nitrogen and oxygen atoms in total. The van der Waals surface area contributed by atoms with Crippen LogP contribution in [-0.2, 0) is 0 Å².